The van der Waals surface area contributed by atoms with Gasteiger partial charge < -0.3 is 10.3 Å². The lowest BCUT2D eigenvalue weighted by Gasteiger charge is -2.34. The number of imidazole rings is 1. The number of aromatic nitrogens is 2. The first kappa shape index (κ1) is 13.6. The molecular weight excluding hydrogens is 246 g/mol. The molecule has 1 aliphatic rings. The van der Waals surface area contributed by atoms with E-state index in [1.54, 1.807) is 0 Å². The van der Waals surface area contributed by atoms with Crippen molar-refractivity contribution in [3.05, 3.63) is 29.6 Å². The zero-order chi connectivity index (χ0) is 14.3. The summed E-state index contributed by atoms with van der Waals surface area (Å²) >= 11 is 0. The molecule has 2 aromatic rings. The van der Waals surface area contributed by atoms with Gasteiger partial charge in [0.05, 0.1) is 16.6 Å². The molecular formula is C17H25N3. The number of nitrogens with zero attached hydrogens (tertiary/aromatic N) is 2. The van der Waals surface area contributed by atoms with Crippen LogP contribution < -0.4 is 5.73 Å². The summed E-state index contributed by atoms with van der Waals surface area (Å²) in [5.41, 5.74) is 10.1. The van der Waals surface area contributed by atoms with Crippen LogP contribution in [0.3, 0.4) is 0 Å². The number of nitrogens with two attached hydrogens (primary N) is 1. The van der Waals surface area contributed by atoms with E-state index < -0.39 is 0 Å². The van der Waals surface area contributed by atoms with Crippen LogP contribution in [0.2, 0.25) is 0 Å². The predicted octanol–water partition coefficient (Wildman–Crippen LogP) is 4.04. The molecule has 2 N–H and O–H groups in total. The van der Waals surface area contributed by atoms with Gasteiger partial charge in [0.15, 0.2) is 0 Å². The molecule has 1 aromatic carbocycles. The molecule has 3 nitrogen and oxygen atoms in total. The first-order valence-electron chi connectivity index (χ1n) is 7.79. The highest BCUT2D eigenvalue weighted by Gasteiger charge is 2.35. The molecule has 1 heterocycles. The largest absolute Gasteiger partial charge is 0.324 e. The minimum absolute atomic E-state index is 0.241. The van der Waals surface area contributed by atoms with Gasteiger partial charge in [-0.15, -0.1) is 0 Å². The van der Waals surface area contributed by atoms with E-state index in [1.165, 1.54) is 30.3 Å². The Hall–Kier alpha value is -1.35. The van der Waals surface area contributed by atoms with Crippen molar-refractivity contribution in [3.63, 3.8) is 0 Å². The molecule has 0 spiro atoms. The van der Waals surface area contributed by atoms with Crippen molar-refractivity contribution in [1.29, 1.82) is 0 Å². The van der Waals surface area contributed by atoms with E-state index in [4.69, 9.17) is 10.7 Å². The Morgan fingerprint density at radius 2 is 1.90 bits per heavy atom. The molecule has 0 amide bonds. The minimum Gasteiger partial charge on any atom is -0.324 e. The second-order valence-electron chi connectivity index (χ2n) is 6.61. The monoisotopic (exact) mass is 271 g/mol. The van der Waals surface area contributed by atoms with Gasteiger partial charge in [-0.2, -0.15) is 0 Å². The quantitative estimate of drug-likeness (QED) is 0.895. The van der Waals surface area contributed by atoms with Crippen LogP contribution >= 0.6 is 0 Å². The van der Waals surface area contributed by atoms with Crippen molar-refractivity contribution in [2.45, 2.75) is 64.5 Å². The molecule has 1 saturated carbocycles. The summed E-state index contributed by atoms with van der Waals surface area (Å²) < 4.78 is 2.35. The summed E-state index contributed by atoms with van der Waals surface area (Å²) in [7, 11) is 0. The van der Waals surface area contributed by atoms with Gasteiger partial charge in [0.1, 0.15) is 5.82 Å². The molecule has 3 rings (SSSR count). The van der Waals surface area contributed by atoms with Crippen LogP contribution in [0.15, 0.2) is 18.2 Å². The van der Waals surface area contributed by atoms with Crippen molar-refractivity contribution in [2.24, 2.45) is 5.73 Å². The fourth-order valence-electron chi connectivity index (χ4n) is 3.49. The first-order valence-corrected chi connectivity index (χ1v) is 7.79. The van der Waals surface area contributed by atoms with Gasteiger partial charge in [-0.1, -0.05) is 25.3 Å². The third-order valence-electron chi connectivity index (χ3n) is 4.55. The Labute approximate surface area is 121 Å². The van der Waals surface area contributed by atoms with E-state index in [-0.39, 0.29) is 5.54 Å². The molecule has 0 bridgehead atoms. The van der Waals surface area contributed by atoms with Crippen molar-refractivity contribution < 1.29 is 0 Å². The maximum Gasteiger partial charge on any atom is 0.130 e. The van der Waals surface area contributed by atoms with Gasteiger partial charge >= 0.3 is 0 Å². The number of hydrogen-bond donors (Lipinski definition) is 1. The molecule has 0 aliphatic heterocycles. The smallest absolute Gasteiger partial charge is 0.130 e. The fourth-order valence-corrected chi connectivity index (χ4v) is 3.49. The number of fused-ring (bicyclic) bond motifs is 1. The summed E-state index contributed by atoms with van der Waals surface area (Å²) in [6, 6.07) is 6.91. The maximum atomic E-state index is 6.74. The molecule has 3 heteroatoms. The summed E-state index contributed by atoms with van der Waals surface area (Å²) in [4.78, 5) is 4.93. The van der Waals surface area contributed by atoms with Crippen LogP contribution in [0.4, 0.5) is 0 Å². The Balaban J connectivity index is 2.21. The third-order valence-corrected chi connectivity index (χ3v) is 4.55. The SMILES string of the molecule is Cc1ccc2c(c1)nc(C1(N)CCCCC1)n2C(C)C. The van der Waals surface area contributed by atoms with Crippen LogP contribution in [0.5, 0.6) is 0 Å². The number of benzene rings is 1. The standard InChI is InChI=1S/C17H25N3/c1-12(2)20-15-8-7-13(3)11-14(15)19-16(20)17(18)9-5-4-6-10-17/h7-8,11-12H,4-6,9-10,18H2,1-3H3. The predicted molar refractivity (Wildman–Crippen MR) is 83.8 cm³/mol. The molecule has 0 unspecified atom stereocenters. The van der Waals surface area contributed by atoms with Gasteiger partial charge in [-0.3, -0.25) is 0 Å². The molecule has 0 atom stereocenters. The Morgan fingerprint density at radius 1 is 1.20 bits per heavy atom. The van der Waals surface area contributed by atoms with Gasteiger partial charge in [-0.05, 0) is 51.3 Å². The molecule has 1 fully saturated rings. The van der Waals surface area contributed by atoms with Crippen LogP contribution in [0.25, 0.3) is 11.0 Å². The van der Waals surface area contributed by atoms with E-state index >= 15 is 0 Å². The molecule has 108 valence electrons. The Morgan fingerprint density at radius 3 is 2.55 bits per heavy atom. The zero-order valence-corrected chi connectivity index (χ0v) is 12.8. The van der Waals surface area contributed by atoms with E-state index in [0.717, 1.165) is 24.2 Å². The fraction of sp³-hybridized carbons (Fsp3) is 0.588. The molecule has 20 heavy (non-hydrogen) atoms. The minimum atomic E-state index is -0.241. The second-order valence-corrected chi connectivity index (χ2v) is 6.61. The topological polar surface area (TPSA) is 43.8 Å². The first-order chi connectivity index (χ1) is 9.51. The number of rotatable bonds is 2. The lowest BCUT2D eigenvalue weighted by molar-refractivity contribution is 0.275. The molecule has 0 saturated heterocycles. The highest BCUT2D eigenvalue weighted by atomic mass is 15.1. The average Bonchev–Trinajstić information content (AvgIpc) is 2.78. The van der Waals surface area contributed by atoms with Crippen molar-refractivity contribution in [3.8, 4) is 0 Å². The van der Waals surface area contributed by atoms with E-state index in [9.17, 15) is 0 Å². The van der Waals surface area contributed by atoms with E-state index in [0.29, 0.717) is 6.04 Å². The lowest BCUT2D eigenvalue weighted by Crippen LogP contribution is -2.41. The highest BCUT2D eigenvalue weighted by molar-refractivity contribution is 5.77. The molecule has 0 radical (unpaired) electrons. The maximum absolute atomic E-state index is 6.74. The van der Waals surface area contributed by atoms with Crippen LogP contribution in [0.1, 0.15) is 63.4 Å². The number of hydrogen-bond acceptors (Lipinski definition) is 2. The highest BCUT2D eigenvalue weighted by Crippen LogP contribution is 2.37. The molecule has 1 aromatic heterocycles. The summed E-state index contributed by atoms with van der Waals surface area (Å²) in [5, 5.41) is 0. The van der Waals surface area contributed by atoms with Crippen molar-refractivity contribution >= 4 is 11.0 Å². The van der Waals surface area contributed by atoms with Crippen LogP contribution in [-0.2, 0) is 5.54 Å². The van der Waals surface area contributed by atoms with Crippen molar-refractivity contribution in [1.82, 2.24) is 9.55 Å². The van der Waals surface area contributed by atoms with E-state index in [2.05, 4.69) is 43.5 Å². The second kappa shape index (κ2) is 4.88. The normalized spacial score (nSPS) is 18.9. The lowest BCUT2D eigenvalue weighted by atomic mass is 9.82. The van der Waals surface area contributed by atoms with E-state index in [1.807, 2.05) is 0 Å². The van der Waals surface area contributed by atoms with Crippen LogP contribution in [-0.4, -0.2) is 9.55 Å². The third kappa shape index (κ3) is 2.14. The summed E-state index contributed by atoms with van der Waals surface area (Å²) in [6.07, 6.45) is 5.86. The van der Waals surface area contributed by atoms with Gasteiger partial charge in [-0.25, -0.2) is 4.98 Å². The average molecular weight is 271 g/mol. The number of aryl methyl sites for hydroxylation is 1. The molecule has 1 aliphatic carbocycles. The van der Waals surface area contributed by atoms with Gasteiger partial charge in [0.25, 0.3) is 0 Å². The Kier molecular flexibility index (Phi) is 3.33. The summed E-state index contributed by atoms with van der Waals surface area (Å²) in [5.74, 6) is 1.09. The van der Waals surface area contributed by atoms with Gasteiger partial charge in [0, 0.05) is 6.04 Å². The van der Waals surface area contributed by atoms with Crippen LogP contribution in [0, 0.1) is 6.92 Å². The Bertz CT molecular complexity index is 618. The zero-order valence-electron chi connectivity index (χ0n) is 12.8. The van der Waals surface area contributed by atoms with Gasteiger partial charge in [0.2, 0.25) is 0 Å². The van der Waals surface area contributed by atoms with Crippen molar-refractivity contribution in [2.75, 3.05) is 0 Å². The summed E-state index contributed by atoms with van der Waals surface area (Å²) in [6.45, 7) is 6.56.